The van der Waals surface area contributed by atoms with Gasteiger partial charge in [-0.05, 0) is 23.8 Å². The molecule has 0 fully saturated rings. The van der Waals surface area contributed by atoms with Crippen LogP contribution < -0.4 is 0 Å². The van der Waals surface area contributed by atoms with E-state index in [0.717, 1.165) is 0 Å². The van der Waals surface area contributed by atoms with Gasteiger partial charge in [0, 0.05) is 11.1 Å². The Hall–Kier alpha value is -1.51. The number of carbonyl (C=O) groups excluding carboxylic acids is 1. The normalized spacial score (nSPS) is 12.6. The summed E-state index contributed by atoms with van der Waals surface area (Å²) in [5.41, 5.74) is 0.780. The van der Waals surface area contributed by atoms with Gasteiger partial charge in [-0.15, -0.1) is 0 Å². The molecule has 0 heterocycles. The van der Waals surface area contributed by atoms with E-state index >= 15 is 0 Å². The largest absolute Gasteiger partial charge is 0.507 e. The second kappa shape index (κ2) is 4.55. The van der Waals surface area contributed by atoms with Gasteiger partial charge in [0.05, 0.1) is 0 Å². The smallest absolute Gasteiger partial charge is 0.167 e. The van der Waals surface area contributed by atoms with E-state index in [-0.39, 0.29) is 33.7 Å². The molecule has 2 N–H and O–H groups in total. The standard InChI is InChI=1S/C16H24O3/c1-9(17)12-13(18)10(15(2,3)4)8-11(14(12)19)16(5,6)7/h8,18-19H,1-7H3. The highest BCUT2D eigenvalue weighted by atomic mass is 16.3. The van der Waals surface area contributed by atoms with Crippen molar-refractivity contribution in [2.45, 2.75) is 59.3 Å². The number of phenolic OH excluding ortho intramolecular Hbond substituents is 2. The average molecular weight is 264 g/mol. The van der Waals surface area contributed by atoms with Crippen LogP contribution in [0.1, 0.15) is 70.0 Å². The van der Waals surface area contributed by atoms with Crippen molar-refractivity contribution >= 4 is 5.78 Å². The maximum Gasteiger partial charge on any atom is 0.167 e. The van der Waals surface area contributed by atoms with Crippen LogP contribution in [0, 0.1) is 0 Å². The monoisotopic (exact) mass is 264 g/mol. The van der Waals surface area contributed by atoms with Crippen LogP contribution in [0.5, 0.6) is 11.5 Å². The second-order valence-electron chi connectivity index (χ2n) is 7.10. The van der Waals surface area contributed by atoms with Gasteiger partial charge in [-0.25, -0.2) is 0 Å². The molecule has 0 aromatic heterocycles. The third-order valence-corrected chi connectivity index (χ3v) is 3.24. The van der Waals surface area contributed by atoms with Gasteiger partial charge in [-0.3, -0.25) is 4.79 Å². The first-order valence-electron chi connectivity index (χ1n) is 6.48. The Morgan fingerprint density at radius 3 is 1.42 bits per heavy atom. The average Bonchev–Trinajstić information content (AvgIpc) is 2.12. The van der Waals surface area contributed by atoms with Gasteiger partial charge in [0.25, 0.3) is 0 Å². The summed E-state index contributed by atoms with van der Waals surface area (Å²) in [7, 11) is 0. The van der Waals surface area contributed by atoms with Crippen LogP contribution in [-0.4, -0.2) is 16.0 Å². The predicted molar refractivity (Wildman–Crippen MR) is 77.2 cm³/mol. The molecule has 0 saturated heterocycles. The van der Waals surface area contributed by atoms with Crippen LogP contribution in [0.4, 0.5) is 0 Å². The molecule has 0 aliphatic rings. The summed E-state index contributed by atoms with van der Waals surface area (Å²) in [4.78, 5) is 11.7. The van der Waals surface area contributed by atoms with E-state index < -0.39 is 0 Å². The maximum absolute atomic E-state index is 11.7. The van der Waals surface area contributed by atoms with Crippen LogP contribution in [0.25, 0.3) is 0 Å². The Balaban J connectivity index is 3.81. The zero-order valence-corrected chi connectivity index (χ0v) is 12.9. The van der Waals surface area contributed by atoms with Crippen molar-refractivity contribution < 1.29 is 15.0 Å². The molecular weight excluding hydrogens is 240 g/mol. The topological polar surface area (TPSA) is 57.5 Å². The number of hydrogen-bond donors (Lipinski definition) is 2. The van der Waals surface area contributed by atoms with Gasteiger partial charge in [0.1, 0.15) is 17.1 Å². The number of hydrogen-bond acceptors (Lipinski definition) is 3. The molecule has 1 aromatic carbocycles. The third kappa shape index (κ3) is 2.91. The van der Waals surface area contributed by atoms with Gasteiger partial charge in [-0.1, -0.05) is 41.5 Å². The molecule has 0 spiro atoms. The van der Waals surface area contributed by atoms with Gasteiger partial charge >= 0.3 is 0 Å². The van der Waals surface area contributed by atoms with E-state index in [9.17, 15) is 15.0 Å². The van der Waals surface area contributed by atoms with E-state index in [1.165, 1.54) is 6.92 Å². The molecule has 1 aromatic rings. The van der Waals surface area contributed by atoms with Crippen LogP contribution >= 0.6 is 0 Å². The maximum atomic E-state index is 11.7. The lowest BCUT2D eigenvalue weighted by molar-refractivity contribution is 0.101. The molecule has 0 saturated carbocycles. The van der Waals surface area contributed by atoms with Crippen LogP contribution in [0.2, 0.25) is 0 Å². The summed E-state index contributed by atoms with van der Waals surface area (Å²) in [5, 5.41) is 20.6. The van der Waals surface area contributed by atoms with Crippen molar-refractivity contribution in [1.82, 2.24) is 0 Å². The summed E-state index contributed by atoms with van der Waals surface area (Å²) in [6, 6.07) is 1.80. The Labute approximate surface area is 115 Å². The molecule has 3 heteroatoms. The summed E-state index contributed by atoms with van der Waals surface area (Å²) in [5.74, 6) is -0.539. The molecular formula is C16H24O3. The van der Waals surface area contributed by atoms with Crippen molar-refractivity contribution in [3.05, 3.63) is 22.8 Å². The predicted octanol–water partition coefficient (Wildman–Crippen LogP) is 3.90. The molecule has 0 amide bonds. The van der Waals surface area contributed by atoms with Crippen LogP contribution in [-0.2, 0) is 10.8 Å². The van der Waals surface area contributed by atoms with Gasteiger partial charge in [0.15, 0.2) is 5.78 Å². The second-order valence-corrected chi connectivity index (χ2v) is 7.10. The number of aromatic hydroxyl groups is 2. The first-order valence-corrected chi connectivity index (χ1v) is 6.48. The zero-order valence-electron chi connectivity index (χ0n) is 12.9. The SMILES string of the molecule is CC(=O)c1c(O)c(C(C)(C)C)cc(C(C)(C)C)c1O. The minimum absolute atomic E-state index is 0.0253. The van der Waals surface area contributed by atoms with Crippen molar-refractivity contribution in [3.63, 3.8) is 0 Å². The Kier molecular flexibility index (Phi) is 3.72. The molecule has 106 valence electrons. The lowest BCUT2D eigenvalue weighted by atomic mass is 9.78. The molecule has 1 rings (SSSR count). The van der Waals surface area contributed by atoms with E-state index in [0.29, 0.717) is 11.1 Å². The summed E-state index contributed by atoms with van der Waals surface area (Å²) < 4.78 is 0. The minimum Gasteiger partial charge on any atom is -0.507 e. The fraction of sp³-hybridized carbons (Fsp3) is 0.562. The number of Topliss-reactive ketones (excluding diaryl/α,β-unsaturated/α-hetero) is 1. The fourth-order valence-electron chi connectivity index (χ4n) is 2.14. The van der Waals surface area contributed by atoms with Crippen molar-refractivity contribution in [2.75, 3.05) is 0 Å². The Morgan fingerprint density at radius 1 is 0.895 bits per heavy atom. The van der Waals surface area contributed by atoms with Gasteiger partial charge in [-0.2, -0.15) is 0 Å². The Morgan fingerprint density at radius 2 is 1.21 bits per heavy atom. The van der Waals surface area contributed by atoms with E-state index in [4.69, 9.17) is 0 Å². The summed E-state index contributed by atoms with van der Waals surface area (Å²) in [6.07, 6.45) is 0. The molecule has 0 aliphatic heterocycles. The van der Waals surface area contributed by atoms with E-state index in [1.54, 1.807) is 6.07 Å². The van der Waals surface area contributed by atoms with E-state index in [1.807, 2.05) is 41.5 Å². The fourth-order valence-corrected chi connectivity index (χ4v) is 2.14. The molecule has 0 atom stereocenters. The highest BCUT2D eigenvalue weighted by Crippen LogP contribution is 2.43. The number of carbonyl (C=O) groups is 1. The summed E-state index contributed by atoms with van der Waals surface area (Å²) >= 11 is 0. The molecule has 0 aliphatic carbocycles. The van der Waals surface area contributed by atoms with Crippen molar-refractivity contribution in [3.8, 4) is 11.5 Å². The van der Waals surface area contributed by atoms with Gasteiger partial charge < -0.3 is 10.2 Å². The minimum atomic E-state index is -0.327. The number of benzene rings is 1. The van der Waals surface area contributed by atoms with Crippen molar-refractivity contribution in [2.24, 2.45) is 0 Å². The third-order valence-electron chi connectivity index (χ3n) is 3.24. The van der Waals surface area contributed by atoms with Crippen LogP contribution in [0.15, 0.2) is 6.07 Å². The number of ketones is 1. The molecule has 0 radical (unpaired) electrons. The lowest BCUT2D eigenvalue weighted by Crippen LogP contribution is -2.18. The summed E-state index contributed by atoms with van der Waals surface area (Å²) in [6.45, 7) is 13.2. The highest BCUT2D eigenvalue weighted by molar-refractivity contribution is 6.00. The number of rotatable bonds is 1. The molecule has 0 unspecified atom stereocenters. The Bertz CT molecular complexity index is 476. The molecule has 19 heavy (non-hydrogen) atoms. The van der Waals surface area contributed by atoms with Crippen LogP contribution in [0.3, 0.4) is 0 Å². The van der Waals surface area contributed by atoms with E-state index in [2.05, 4.69) is 0 Å². The zero-order chi connectivity index (χ0) is 15.2. The van der Waals surface area contributed by atoms with Crippen molar-refractivity contribution in [1.29, 1.82) is 0 Å². The van der Waals surface area contributed by atoms with Gasteiger partial charge in [0.2, 0.25) is 0 Å². The highest BCUT2D eigenvalue weighted by Gasteiger charge is 2.30. The first-order chi connectivity index (χ1) is 8.37. The molecule has 3 nitrogen and oxygen atoms in total. The lowest BCUT2D eigenvalue weighted by Gasteiger charge is -2.28. The first kappa shape index (κ1) is 15.5. The molecule has 0 bridgehead atoms. The quantitative estimate of drug-likeness (QED) is 0.756. The number of phenols is 2.